The Bertz CT molecular complexity index is 656. The van der Waals surface area contributed by atoms with Crippen molar-refractivity contribution in [2.45, 2.75) is 26.0 Å². The van der Waals surface area contributed by atoms with Crippen LogP contribution in [0.5, 0.6) is 0 Å². The minimum atomic E-state index is -0.0377. The van der Waals surface area contributed by atoms with Crippen molar-refractivity contribution in [1.29, 1.82) is 0 Å². The van der Waals surface area contributed by atoms with Gasteiger partial charge in [-0.3, -0.25) is 0 Å². The van der Waals surface area contributed by atoms with Gasteiger partial charge < -0.3 is 15.0 Å². The van der Waals surface area contributed by atoms with Gasteiger partial charge in [0.2, 0.25) is 0 Å². The van der Waals surface area contributed by atoms with Crippen molar-refractivity contribution in [3.63, 3.8) is 0 Å². The number of carbonyl (C=O) groups excluding carboxylic acids is 1. The van der Waals surface area contributed by atoms with Crippen molar-refractivity contribution < 1.29 is 9.53 Å². The van der Waals surface area contributed by atoms with Crippen LogP contribution in [0.4, 0.5) is 4.79 Å². The van der Waals surface area contributed by atoms with Gasteiger partial charge in [-0.05, 0) is 30.0 Å². The van der Waals surface area contributed by atoms with Gasteiger partial charge in [-0.25, -0.2) is 14.5 Å². The van der Waals surface area contributed by atoms with Crippen LogP contribution >= 0.6 is 0 Å². The number of piperidine rings is 1. The molecule has 128 valence electrons. The highest BCUT2D eigenvalue weighted by atomic mass is 16.5. The van der Waals surface area contributed by atoms with E-state index in [1.165, 1.54) is 6.33 Å². The number of methoxy groups -OCH3 is 1. The van der Waals surface area contributed by atoms with E-state index in [0.29, 0.717) is 19.0 Å². The fourth-order valence-electron chi connectivity index (χ4n) is 2.92. The fourth-order valence-corrected chi connectivity index (χ4v) is 2.92. The Morgan fingerprint density at radius 2 is 2.17 bits per heavy atom. The lowest BCUT2D eigenvalue weighted by atomic mass is 9.96. The molecule has 0 radical (unpaired) electrons. The minimum Gasteiger partial charge on any atom is -0.379 e. The number of amides is 2. The SMILES string of the molecule is CO[C@H]1CN(C(=O)NCc2ccc(-n3cncn3)cc2)CC[C@@H]1C. The molecule has 1 aromatic carbocycles. The average Bonchev–Trinajstić information content (AvgIpc) is 3.15. The summed E-state index contributed by atoms with van der Waals surface area (Å²) in [6.45, 7) is 4.09. The van der Waals surface area contributed by atoms with Crippen LogP contribution in [0.1, 0.15) is 18.9 Å². The zero-order valence-corrected chi connectivity index (χ0v) is 14.1. The second kappa shape index (κ2) is 7.44. The number of likely N-dealkylation sites (tertiary alicyclic amines) is 1. The first-order chi connectivity index (χ1) is 11.7. The van der Waals surface area contributed by atoms with Gasteiger partial charge in [0.15, 0.2) is 0 Å². The Morgan fingerprint density at radius 3 is 2.83 bits per heavy atom. The number of ether oxygens (including phenoxy) is 1. The molecule has 0 bridgehead atoms. The molecule has 24 heavy (non-hydrogen) atoms. The number of nitrogens with zero attached hydrogens (tertiary/aromatic N) is 4. The molecular formula is C17H23N5O2. The van der Waals surface area contributed by atoms with Crippen molar-refractivity contribution in [2.75, 3.05) is 20.2 Å². The Hall–Kier alpha value is -2.41. The van der Waals surface area contributed by atoms with Crippen LogP contribution in [0.25, 0.3) is 5.69 Å². The molecule has 3 rings (SSSR count). The van der Waals surface area contributed by atoms with Gasteiger partial charge in [0, 0.05) is 26.7 Å². The van der Waals surface area contributed by atoms with E-state index in [4.69, 9.17) is 4.74 Å². The molecule has 0 aliphatic carbocycles. The Labute approximate surface area is 141 Å². The van der Waals surface area contributed by atoms with E-state index in [-0.39, 0.29) is 12.1 Å². The average molecular weight is 329 g/mol. The predicted octanol–water partition coefficient (Wildman–Crippen LogP) is 1.83. The van der Waals surface area contributed by atoms with E-state index in [0.717, 1.165) is 24.2 Å². The molecule has 1 fully saturated rings. The maximum absolute atomic E-state index is 12.3. The molecule has 1 aliphatic rings. The molecule has 0 saturated carbocycles. The summed E-state index contributed by atoms with van der Waals surface area (Å²) in [4.78, 5) is 18.1. The molecule has 1 N–H and O–H groups in total. The van der Waals surface area contributed by atoms with Gasteiger partial charge in [0.05, 0.1) is 11.8 Å². The number of hydrogen-bond donors (Lipinski definition) is 1. The second-order valence-corrected chi connectivity index (χ2v) is 6.15. The van der Waals surface area contributed by atoms with Crippen molar-refractivity contribution in [1.82, 2.24) is 25.0 Å². The van der Waals surface area contributed by atoms with Gasteiger partial charge in [0.1, 0.15) is 12.7 Å². The summed E-state index contributed by atoms with van der Waals surface area (Å²) in [5.41, 5.74) is 1.98. The highest BCUT2D eigenvalue weighted by Crippen LogP contribution is 2.19. The molecule has 1 saturated heterocycles. The summed E-state index contributed by atoms with van der Waals surface area (Å²) in [6, 6.07) is 7.84. The molecule has 7 nitrogen and oxygen atoms in total. The number of benzene rings is 1. The molecular weight excluding hydrogens is 306 g/mol. The first-order valence-corrected chi connectivity index (χ1v) is 8.17. The molecule has 2 amide bonds. The maximum Gasteiger partial charge on any atom is 0.317 e. The quantitative estimate of drug-likeness (QED) is 0.929. The van der Waals surface area contributed by atoms with Crippen LogP contribution < -0.4 is 5.32 Å². The van der Waals surface area contributed by atoms with Gasteiger partial charge in [0.25, 0.3) is 0 Å². The number of urea groups is 1. The molecule has 0 unspecified atom stereocenters. The Kier molecular flexibility index (Phi) is 5.10. The van der Waals surface area contributed by atoms with Crippen LogP contribution in [0.3, 0.4) is 0 Å². The van der Waals surface area contributed by atoms with Crippen LogP contribution in [-0.2, 0) is 11.3 Å². The number of rotatable bonds is 4. The lowest BCUT2D eigenvalue weighted by molar-refractivity contribution is 0.00714. The number of hydrogen-bond acceptors (Lipinski definition) is 4. The molecule has 2 aromatic rings. The van der Waals surface area contributed by atoms with Crippen molar-refractivity contribution in [3.05, 3.63) is 42.5 Å². The highest BCUT2D eigenvalue weighted by Gasteiger charge is 2.28. The summed E-state index contributed by atoms with van der Waals surface area (Å²) in [7, 11) is 1.71. The van der Waals surface area contributed by atoms with Gasteiger partial charge in [-0.15, -0.1) is 0 Å². The highest BCUT2D eigenvalue weighted by molar-refractivity contribution is 5.74. The van der Waals surface area contributed by atoms with Gasteiger partial charge in [-0.1, -0.05) is 19.1 Å². The smallest absolute Gasteiger partial charge is 0.317 e. The van der Waals surface area contributed by atoms with E-state index in [9.17, 15) is 4.79 Å². The summed E-state index contributed by atoms with van der Waals surface area (Å²) >= 11 is 0. The monoisotopic (exact) mass is 329 g/mol. The zero-order chi connectivity index (χ0) is 16.9. The summed E-state index contributed by atoms with van der Waals surface area (Å²) in [5, 5.41) is 7.07. The van der Waals surface area contributed by atoms with Crippen LogP contribution in [-0.4, -0.2) is 52.0 Å². The molecule has 7 heteroatoms. The number of nitrogens with one attached hydrogen (secondary N) is 1. The molecule has 1 aliphatic heterocycles. The third kappa shape index (κ3) is 3.73. The Morgan fingerprint density at radius 1 is 1.38 bits per heavy atom. The van der Waals surface area contributed by atoms with Gasteiger partial charge in [-0.2, -0.15) is 5.10 Å². The van der Waals surface area contributed by atoms with Gasteiger partial charge >= 0.3 is 6.03 Å². The summed E-state index contributed by atoms with van der Waals surface area (Å²) in [5.74, 6) is 0.489. The molecule has 0 spiro atoms. The van der Waals surface area contributed by atoms with E-state index in [2.05, 4.69) is 22.3 Å². The lowest BCUT2D eigenvalue weighted by Crippen LogP contribution is -2.50. The van der Waals surface area contributed by atoms with E-state index < -0.39 is 0 Å². The third-order valence-corrected chi connectivity index (χ3v) is 4.54. The lowest BCUT2D eigenvalue weighted by Gasteiger charge is -2.36. The van der Waals surface area contributed by atoms with Crippen molar-refractivity contribution >= 4 is 6.03 Å². The first-order valence-electron chi connectivity index (χ1n) is 8.17. The summed E-state index contributed by atoms with van der Waals surface area (Å²) in [6.07, 6.45) is 4.24. The predicted molar refractivity (Wildman–Crippen MR) is 89.7 cm³/mol. The molecule has 2 atom stereocenters. The van der Waals surface area contributed by atoms with E-state index in [1.54, 1.807) is 18.1 Å². The van der Waals surface area contributed by atoms with Crippen molar-refractivity contribution in [2.24, 2.45) is 5.92 Å². The number of carbonyl (C=O) groups is 1. The van der Waals surface area contributed by atoms with E-state index in [1.807, 2.05) is 29.2 Å². The minimum absolute atomic E-state index is 0.0377. The normalized spacial score (nSPS) is 20.8. The first kappa shape index (κ1) is 16.4. The van der Waals surface area contributed by atoms with Crippen molar-refractivity contribution in [3.8, 4) is 5.69 Å². The third-order valence-electron chi connectivity index (χ3n) is 4.54. The number of aromatic nitrogens is 3. The topological polar surface area (TPSA) is 72.3 Å². The Balaban J connectivity index is 1.53. The largest absolute Gasteiger partial charge is 0.379 e. The summed E-state index contributed by atoms with van der Waals surface area (Å²) < 4.78 is 7.16. The van der Waals surface area contributed by atoms with E-state index >= 15 is 0 Å². The van der Waals surface area contributed by atoms with Crippen LogP contribution in [0.2, 0.25) is 0 Å². The zero-order valence-electron chi connectivity index (χ0n) is 14.1. The van der Waals surface area contributed by atoms with Crippen LogP contribution in [0.15, 0.2) is 36.9 Å². The second-order valence-electron chi connectivity index (χ2n) is 6.15. The van der Waals surface area contributed by atoms with Crippen LogP contribution in [0, 0.1) is 5.92 Å². The standard InChI is InChI=1S/C17H23N5O2/c1-13-7-8-21(10-16(13)24-2)17(23)19-9-14-3-5-15(6-4-14)22-12-18-11-20-22/h3-6,11-13,16H,7-10H2,1-2H3,(H,19,23)/t13-,16-/m0/s1. The molecule has 2 heterocycles. The maximum atomic E-state index is 12.3. The molecule has 1 aromatic heterocycles. The fraction of sp³-hybridized carbons (Fsp3) is 0.471.